The van der Waals surface area contributed by atoms with Crippen LogP contribution in [0.25, 0.3) is 0 Å². The van der Waals surface area contributed by atoms with Gasteiger partial charge in [-0.1, -0.05) is 61.5 Å². The Bertz CT molecular complexity index is 489. The highest BCUT2D eigenvalue weighted by Gasteiger charge is 2.22. The number of halogens is 4. The molecule has 6 heteroatoms. The molecule has 0 saturated heterocycles. The van der Waals surface area contributed by atoms with Crippen molar-refractivity contribution in [1.29, 1.82) is 0 Å². The molecule has 0 bridgehead atoms. The molecule has 4 atom stereocenters. The van der Waals surface area contributed by atoms with E-state index in [1.807, 2.05) is 0 Å². The molecule has 2 rings (SSSR count). The zero-order chi connectivity index (χ0) is 16.1. The average Bonchev–Trinajstić information content (AvgIpc) is 2.44. The summed E-state index contributed by atoms with van der Waals surface area (Å²) in [7, 11) is 0. The van der Waals surface area contributed by atoms with E-state index >= 15 is 0 Å². The summed E-state index contributed by atoms with van der Waals surface area (Å²) in [4.78, 5) is 1.11. The summed E-state index contributed by atoms with van der Waals surface area (Å²) in [6.45, 7) is 0.488. The lowest BCUT2D eigenvalue weighted by Gasteiger charge is -2.27. The maximum Gasteiger partial charge on any atom is 0.0929 e. The SMILES string of the molecule is OC(CNC1CCCC(Br)CC(Br)C1)c1cc(Cl)ccc1Cl. The van der Waals surface area contributed by atoms with Gasteiger partial charge in [0, 0.05) is 37.8 Å². The first kappa shape index (κ1) is 19.0. The topological polar surface area (TPSA) is 32.3 Å². The number of benzene rings is 1. The van der Waals surface area contributed by atoms with Gasteiger partial charge in [0.05, 0.1) is 6.10 Å². The fourth-order valence-corrected chi connectivity index (χ4v) is 5.45. The minimum Gasteiger partial charge on any atom is -0.387 e. The van der Waals surface area contributed by atoms with Crippen LogP contribution in [0.4, 0.5) is 0 Å². The maximum atomic E-state index is 10.4. The summed E-state index contributed by atoms with van der Waals surface area (Å²) >= 11 is 19.6. The molecule has 124 valence electrons. The van der Waals surface area contributed by atoms with Crippen molar-refractivity contribution >= 4 is 55.1 Å². The summed E-state index contributed by atoms with van der Waals surface area (Å²) in [6.07, 6.45) is 5.08. The number of hydrogen-bond donors (Lipinski definition) is 2. The Morgan fingerprint density at radius 2 is 1.95 bits per heavy atom. The van der Waals surface area contributed by atoms with Gasteiger partial charge >= 0.3 is 0 Å². The third kappa shape index (κ3) is 5.95. The highest BCUT2D eigenvalue weighted by molar-refractivity contribution is 9.10. The molecule has 1 aromatic rings. The van der Waals surface area contributed by atoms with E-state index in [4.69, 9.17) is 23.2 Å². The zero-order valence-corrected chi connectivity index (χ0v) is 16.9. The normalized spacial score (nSPS) is 28.0. The smallest absolute Gasteiger partial charge is 0.0929 e. The highest BCUT2D eigenvalue weighted by Crippen LogP contribution is 2.29. The van der Waals surface area contributed by atoms with Crippen LogP contribution in [0.5, 0.6) is 0 Å². The summed E-state index contributed by atoms with van der Waals surface area (Å²) in [5, 5.41) is 15.0. The number of aliphatic hydroxyl groups is 1. The third-order valence-electron chi connectivity index (χ3n) is 4.04. The Hall–Kier alpha value is 0.680. The lowest BCUT2D eigenvalue weighted by molar-refractivity contribution is 0.167. The minimum atomic E-state index is -0.644. The molecule has 1 aromatic carbocycles. The minimum absolute atomic E-state index is 0.414. The Morgan fingerprint density at radius 1 is 1.18 bits per heavy atom. The van der Waals surface area contributed by atoms with Gasteiger partial charge in [0.2, 0.25) is 0 Å². The van der Waals surface area contributed by atoms with Crippen molar-refractivity contribution < 1.29 is 5.11 Å². The van der Waals surface area contributed by atoms with Crippen molar-refractivity contribution in [3.05, 3.63) is 33.8 Å². The van der Waals surface area contributed by atoms with E-state index in [1.165, 1.54) is 12.8 Å². The van der Waals surface area contributed by atoms with Gasteiger partial charge in [-0.05, 0) is 43.9 Å². The van der Waals surface area contributed by atoms with Gasteiger partial charge in [0.1, 0.15) is 0 Å². The molecule has 1 aliphatic carbocycles. The van der Waals surface area contributed by atoms with Crippen LogP contribution in [0.2, 0.25) is 10.0 Å². The highest BCUT2D eigenvalue weighted by atomic mass is 79.9. The van der Waals surface area contributed by atoms with Gasteiger partial charge in [0.15, 0.2) is 0 Å². The number of rotatable bonds is 4. The standard InChI is InChI=1S/C16H21Br2Cl2NO/c17-10-2-1-3-13(7-11(18)6-10)21-9-16(22)14-8-12(19)4-5-15(14)20/h4-5,8,10-11,13,16,21-22H,1-3,6-7,9H2. The second kappa shape index (κ2) is 9.24. The maximum absolute atomic E-state index is 10.4. The van der Waals surface area contributed by atoms with E-state index in [0.29, 0.717) is 37.8 Å². The third-order valence-corrected chi connectivity index (χ3v) is 6.20. The van der Waals surface area contributed by atoms with Crippen molar-refractivity contribution in [3.8, 4) is 0 Å². The predicted octanol–water partition coefficient (Wildman–Crippen LogP) is 5.48. The molecular weight excluding hydrogens is 453 g/mol. The Kier molecular flexibility index (Phi) is 7.98. The van der Waals surface area contributed by atoms with Gasteiger partial charge in [-0.2, -0.15) is 0 Å². The molecule has 1 saturated carbocycles. The summed E-state index contributed by atoms with van der Waals surface area (Å²) in [5.74, 6) is 0. The zero-order valence-electron chi connectivity index (χ0n) is 12.2. The van der Waals surface area contributed by atoms with E-state index in [0.717, 1.165) is 19.3 Å². The Balaban J connectivity index is 1.89. The first-order valence-electron chi connectivity index (χ1n) is 7.60. The average molecular weight is 474 g/mol. The van der Waals surface area contributed by atoms with E-state index in [2.05, 4.69) is 37.2 Å². The molecule has 2 nitrogen and oxygen atoms in total. The van der Waals surface area contributed by atoms with E-state index in [-0.39, 0.29) is 0 Å². The molecule has 0 heterocycles. The lowest BCUT2D eigenvalue weighted by Crippen LogP contribution is -2.36. The summed E-state index contributed by atoms with van der Waals surface area (Å²) in [5.41, 5.74) is 0.684. The van der Waals surface area contributed by atoms with Gasteiger partial charge in [-0.15, -0.1) is 0 Å². The number of aliphatic hydroxyl groups excluding tert-OH is 1. The Morgan fingerprint density at radius 3 is 2.73 bits per heavy atom. The van der Waals surface area contributed by atoms with Gasteiger partial charge < -0.3 is 10.4 Å². The molecule has 0 aliphatic heterocycles. The van der Waals surface area contributed by atoms with Crippen LogP contribution in [0.15, 0.2) is 18.2 Å². The van der Waals surface area contributed by atoms with Crippen LogP contribution < -0.4 is 5.32 Å². The fraction of sp³-hybridized carbons (Fsp3) is 0.625. The van der Waals surface area contributed by atoms with Crippen LogP contribution in [0.1, 0.15) is 43.8 Å². The second-order valence-electron chi connectivity index (χ2n) is 5.88. The first-order valence-corrected chi connectivity index (χ1v) is 10.2. The van der Waals surface area contributed by atoms with Crippen LogP contribution in [0.3, 0.4) is 0 Å². The molecule has 22 heavy (non-hydrogen) atoms. The van der Waals surface area contributed by atoms with E-state index in [9.17, 15) is 5.11 Å². The van der Waals surface area contributed by atoms with Crippen LogP contribution in [-0.2, 0) is 0 Å². The van der Waals surface area contributed by atoms with Crippen LogP contribution in [-0.4, -0.2) is 27.3 Å². The molecule has 0 amide bonds. The second-order valence-corrected chi connectivity index (χ2v) is 9.32. The predicted molar refractivity (Wildman–Crippen MR) is 102 cm³/mol. The van der Waals surface area contributed by atoms with E-state index in [1.54, 1.807) is 18.2 Å². The lowest BCUT2D eigenvalue weighted by atomic mass is 9.96. The Labute approximate surface area is 159 Å². The molecular formula is C16H21Br2Cl2NO. The molecule has 0 spiro atoms. The molecule has 0 aromatic heterocycles. The van der Waals surface area contributed by atoms with Gasteiger partial charge in [0.25, 0.3) is 0 Å². The number of alkyl halides is 2. The molecule has 2 N–H and O–H groups in total. The molecule has 0 radical (unpaired) electrons. The van der Waals surface area contributed by atoms with Gasteiger partial charge in [-0.3, -0.25) is 0 Å². The molecule has 1 fully saturated rings. The van der Waals surface area contributed by atoms with Crippen LogP contribution in [0, 0.1) is 0 Å². The summed E-state index contributed by atoms with van der Waals surface area (Å²) in [6, 6.07) is 5.60. The quantitative estimate of drug-likeness (QED) is 0.568. The van der Waals surface area contributed by atoms with Gasteiger partial charge in [-0.25, -0.2) is 0 Å². The van der Waals surface area contributed by atoms with Crippen LogP contribution >= 0.6 is 55.1 Å². The van der Waals surface area contributed by atoms with Crippen molar-refractivity contribution in [2.45, 2.75) is 53.9 Å². The summed E-state index contributed by atoms with van der Waals surface area (Å²) < 4.78 is 0. The number of nitrogens with one attached hydrogen (secondary N) is 1. The van der Waals surface area contributed by atoms with Crippen molar-refractivity contribution in [2.24, 2.45) is 0 Å². The monoisotopic (exact) mass is 471 g/mol. The van der Waals surface area contributed by atoms with E-state index < -0.39 is 6.10 Å². The fourth-order valence-electron chi connectivity index (χ4n) is 2.85. The van der Waals surface area contributed by atoms with Crippen molar-refractivity contribution in [3.63, 3.8) is 0 Å². The van der Waals surface area contributed by atoms with Crippen molar-refractivity contribution in [2.75, 3.05) is 6.54 Å². The first-order chi connectivity index (χ1) is 10.5. The molecule has 4 unspecified atom stereocenters. The number of hydrogen-bond acceptors (Lipinski definition) is 2. The largest absolute Gasteiger partial charge is 0.387 e. The van der Waals surface area contributed by atoms with Crippen molar-refractivity contribution in [1.82, 2.24) is 5.32 Å². The molecule has 1 aliphatic rings.